The van der Waals surface area contributed by atoms with Crippen LogP contribution in [-0.2, 0) is 14.3 Å². The molecular formula is C19H19FN2O5. The van der Waals surface area contributed by atoms with Gasteiger partial charge in [0.15, 0.2) is 13.2 Å². The van der Waals surface area contributed by atoms with Gasteiger partial charge >= 0.3 is 12.0 Å². The van der Waals surface area contributed by atoms with Gasteiger partial charge in [-0.1, -0.05) is 12.1 Å². The van der Waals surface area contributed by atoms with E-state index in [1.54, 1.807) is 12.1 Å². The normalized spacial score (nSPS) is 10.0. The number of esters is 1. The van der Waals surface area contributed by atoms with Gasteiger partial charge in [0.1, 0.15) is 11.6 Å². The van der Waals surface area contributed by atoms with Gasteiger partial charge in [-0.2, -0.15) is 0 Å². The van der Waals surface area contributed by atoms with Crippen LogP contribution in [0.4, 0.5) is 14.9 Å². The maximum absolute atomic E-state index is 13.0. The summed E-state index contributed by atoms with van der Waals surface area (Å²) in [5, 5.41) is 4.55. The number of carbonyl (C=O) groups excluding carboxylic acids is 3. The van der Waals surface area contributed by atoms with Crippen LogP contribution < -0.4 is 15.4 Å². The van der Waals surface area contributed by atoms with Gasteiger partial charge in [-0.15, -0.1) is 0 Å². The molecule has 2 aromatic carbocycles. The monoisotopic (exact) mass is 374 g/mol. The van der Waals surface area contributed by atoms with Crippen molar-refractivity contribution in [3.8, 4) is 5.75 Å². The van der Waals surface area contributed by atoms with Gasteiger partial charge in [0.05, 0.1) is 0 Å². The second kappa shape index (κ2) is 9.33. The third-order valence-electron chi connectivity index (χ3n) is 3.53. The van der Waals surface area contributed by atoms with Crippen molar-refractivity contribution >= 4 is 23.6 Å². The van der Waals surface area contributed by atoms with Crippen LogP contribution in [0.5, 0.6) is 5.75 Å². The molecule has 7 nitrogen and oxygen atoms in total. The van der Waals surface area contributed by atoms with Gasteiger partial charge in [0.2, 0.25) is 0 Å². The minimum absolute atomic E-state index is 0.157. The maximum Gasteiger partial charge on any atom is 0.344 e. The molecule has 0 aliphatic rings. The van der Waals surface area contributed by atoms with E-state index in [1.807, 2.05) is 25.2 Å². The Kier molecular flexibility index (Phi) is 6.87. The Bertz CT molecular complexity index is 854. The van der Waals surface area contributed by atoms with Gasteiger partial charge in [-0.05, 0) is 49.2 Å². The number of aryl methyl sites for hydroxylation is 2. The Morgan fingerprint density at radius 2 is 1.78 bits per heavy atom. The van der Waals surface area contributed by atoms with E-state index < -0.39 is 36.9 Å². The third kappa shape index (κ3) is 6.77. The zero-order chi connectivity index (χ0) is 19.8. The predicted octanol–water partition coefficient (Wildman–Crippen LogP) is 2.71. The number of urea groups is 1. The van der Waals surface area contributed by atoms with Crippen molar-refractivity contribution in [1.82, 2.24) is 5.32 Å². The van der Waals surface area contributed by atoms with Gasteiger partial charge in [0, 0.05) is 11.8 Å². The molecule has 0 aromatic heterocycles. The van der Waals surface area contributed by atoms with Crippen LogP contribution in [0.3, 0.4) is 0 Å². The van der Waals surface area contributed by atoms with Crippen LogP contribution in [0.1, 0.15) is 11.1 Å². The Morgan fingerprint density at radius 1 is 1.00 bits per heavy atom. The van der Waals surface area contributed by atoms with E-state index in [0.29, 0.717) is 5.69 Å². The number of nitrogens with one attached hydrogen (secondary N) is 2. The lowest BCUT2D eigenvalue weighted by Gasteiger charge is -2.09. The molecule has 27 heavy (non-hydrogen) atoms. The highest BCUT2D eigenvalue weighted by atomic mass is 19.1. The summed E-state index contributed by atoms with van der Waals surface area (Å²) < 4.78 is 22.7. The first kappa shape index (κ1) is 19.9. The largest absolute Gasteiger partial charge is 0.482 e. The number of benzene rings is 2. The summed E-state index contributed by atoms with van der Waals surface area (Å²) in [6.45, 7) is 2.70. The smallest absolute Gasteiger partial charge is 0.344 e. The molecule has 0 bridgehead atoms. The summed E-state index contributed by atoms with van der Waals surface area (Å²) in [7, 11) is 0. The number of imide groups is 1. The molecule has 3 amide bonds. The first-order valence-corrected chi connectivity index (χ1v) is 8.05. The lowest BCUT2D eigenvalue weighted by atomic mass is 10.1. The molecule has 142 valence electrons. The van der Waals surface area contributed by atoms with Crippen LogP contribution in [0.15, 0.2) is 42.5 Å². The second-order valence-electron chi connectivity index (χ2n) is 5.71. The van der Waals surface area contributed by atoms with Gasteiger partial charge in [-0.3, -0.25) is 10.1 Å². The fourth-order valence-corrected chi connectivity index (χ4v) is 2.03. The summed E-state index contributed by atoms with van der Waals surface area (Å²) in [6.07, 6.45) is 0. The lowest BCUT2D eigenvalue weighted by Crippen LogP contribution is -2.37. The number of carbonyl (C=O) groups is 3. The van der Waals surface area contributed by atoms with Crippen molar-refractivity contribution < 1.29 is 28.2 Å². The van der Waals surface area contributed by atoms with E-state index in [1.165, 1.54) is 18.2 Å². The van der Waals surface area contributed by atoms with Crippen molar-refractivity contribution in [2.45, 2.75) is 13.8 Å². The third-order valence-corrected chi connectivity index (χ3v) is 3.53. The number of hydrogen-bond donors (Lipinski definition) is 2. The molecule has 0 fully saturated rings. The molecule has 0 unspecified atom stereocenters. The van der Waals surface area contributed by atoms with Crippen molar-refractivity contribution in [1.29, 1.82) is 0 Å². The highest BCUT2D eigenvalue weighted by Gasteiger charge is 2.12. The van der Waals surface area contributed by atoms with E-state index in [-0.39, 0.29) is 5.75 Å². The van der Waals surface area contributed by atoms with E-state index in [0.717, 1.165) is 17.2 Å². The van der Waals surface area contributed by atoms with Crippen LogP contribution in [0.25, 0.3) is 0 Å². The zero-order valence-corrected chi connectivity index (χ0v) is 14.9. The van der Waals surface area contributed by atoms with Gasteiger partial charge in [-0.25, -0.2) is 14.0 Å². The molecule has 0 radical (unpaired) electrons. The minimum atomic E-state index is -0.830. The molecule has 2 N–H and O–H groups in total. The molecular weight excluding hydrogens is 355 g/mol. The number of hydrogen-bond acceptors (Lipinski definition) is 5. The van der Waals surface area contributed by atoms with Crippen molar-refractivity contribution in [2.24, 2.45) is 0 Å². The molecule has 0 spiro atoms. The minimum Gasteiger partial charge on any atom is -0.482 e. The molecule has 2 aromatic rings. The molecule has 0 aliphatic carbocycles. The Labute approximate surface area is 155 Å². The quantitative estimate of drug-likeness (QED) is 0.759. The Balaban J connectivity index is 1.70. The zero-order valence-electron chi connectivity index (χ0n) is 14.9. The number of halogens is 1. The average molecular weight is 374 g/mol. The number of amides is 3. The first-order chi connectivity index (χ1) is 12.8. The van der Waals surface area contributed by atoms with E-state index in [9.17, 15) is 18.8 Å². The lowest BCUT2D eigenvalue weighted by molar-refractivity contribution is -0.150. The van der Waals surface area contributed by atoms with Crippen LogP contribution in [0.2, 0.25) is 0 Å². The van der Waals surface area contributed by atoms with Gasteiger partial charge < -0.3 is 14.8 Å². The molecule has 8 heteroatoms. The number of rotatable bonds is 6. The number of anilines is 1. The van der Waals surface area contributed by atoms with Gasteiger partial charge in [0.25, 0.3) is 5.91 Å². The van der Waals surface area contributed by atoms with Crippen molar-refractivity contribution in [3.63, 3.8) is 0 Å². The Morgan fingerprint density at radius 3 is 2.48 bits per heavy atom. The summed E-state index contributed by atoms with van der Waals surface area (Å²) in [5.74, 6) is -1.97. The fraction of sp³-hybridized carbons (Fsp3) is 0.211. The number of ether oxygens (including phenoxy) is 2. The summed E-state index contributed by atoms with van der Waals surface area (Å²) in [6, 6.07) is 9.81. The topological polar surface area (TPSA) is 93.7 Å². The van der Waals surface area contributed by atoms with E-state index in [4.69, 9.17) is 9.47 Å². The summed E-state index contributed by atoms with van der Waals surface area (Å²) in [5.41, 5.74) is 2.60. The highest BCUT2D eigenvalue weighted by molar-refractivity contribution is 6.01. The first-order valence-electron chi connectivity index (χ1n) is 8.05. The highest BCUT2D eigenvalue weighted by Crippen LogP contribution is 2.14. The molecule has 0 atom stereocenters. The van der Waals surface area contributed by atoms with Crippen molar-refractivity contribution in [3.05, 3.63) is 59.4 Å². The van der Waals surface area contributed by atoms with Crippen molar-refractivity contribution in [2.75, 3.05) is 18.5 Å². The predicted molar refractivity (Wildman–Crippen MR) is 95.9 cm³/mol. The summed E-state index contributed by atoms with van der Waals surface area (Å²) in [4.78, 5) is 34.9. The summed E-state index contributed by atoms with van der Waals surface area (Å²) >= 11 is 0. The van der Waals surface area contributed by atoms with E-state index in [2.05, 4.69) is 5.32 Å². The maximum atomic E-state index is 13.0. The average Bonchev–Trinajstić information content (AvgIpc) is 2.61. The molecule has 0 saturated heterocycles. The van der Waals surface area contributed by atoms with E-state index >= 15 is 0 Å². The second-order valence-corrected chi connectivity index (χ2v) is 5.71. The van der Waals surface area contributed by atoms with Crippen LogP contribution >= 0.6 is 0 Å². The fourth-order valence-electron chi connectivity index (χ4n) is 2.03. The Hall–Kier alpha value is -3.42. The molecule has 0 saturated carbocycles. The molecule has 2 rings (SSSR count). The van der Waals surface area contributed by atoms with Crippen LogP contribution in [0, 0.1) is 19.7 Å². The SMILES string of the molecule is Cc1ccc(NC(=O)NC(=O)COC(=O)COc2cccc(F)c2)cc1C. The molecule has 0 aliphatic heterocycles. The molecule has 0 heterocycles. The van der Waals surface area contributed by atoms with Crippen LogP contribution in [-0.4, -0.2) is 31.1 Å². The standard InChI is InChI=1S/C19H19FN2O5/c1-12-6-7-15(8-13(12)2)21-19(25)22-17(23)10-27-18(24)11-26-16-5-3-4-14(20)9-16/h3-9H,10-11H2,1-2H3,(H2,21,22,23,25).